The number of carbonyl (C=O) groups is 2. The molecule has 0 fully saturated rings. The summed E-state index contributed by atoms with van der Waals surface area (Å²) < 4.78 is 18.7. The Morgan fingerprint density at radius 2 is 2.11 bits per heavy atom. The summed E-state index contributed by atoms with van der Waals surface area (Å²) in [4.78, 5) is 29.7. The number of amides is 1. The number of aryl methyl sites for hydroxylation is 1. The lowest BCUT2D eigenvalue weighted by molar-refractivity contribution is -0.152. The fourth-order valence-corrected chi connectivity index (χ4v) is 3.89. The average molecular weight is 404 g/mol. The summed E-state index contributed by atoms with van der Waals surface area (Å²) in [6.45, 7) is 3.10. The van der Waals surface area contributed by atoms with E-state index in [2.05, 4.69) is 10.3 Å². The Balaban J connectivity index is 1.53. The van der Waals surface area contributed by atoms with E-state index in [1.807, 2.05) is 17.5 Å². The predicted molar refractivity (Wildman–Crippen MR) is 104 cm³/mol. The van der Waals surface area contributed by atoms with Crippen LogP contribution in [0.4, 0.5) is 10.1 Å². The number of halogens is 1. The minimum absolute atomic E-state index is 0.0152. The first-order valence-corrected chi connectivity index (χ1v) is 9.93. The molecule has 2 aromatic heterocycles. The molecular weight excluding hydrogens is 387 g/mol. The summed E-state index contributed by atoms with van der Waals surface area (Å²) in [6, 6.07) is 8.28. The Morgan fingerprint density at radius 1 is 1.30 bits per heavy atom. The number of thiazole rings is 1. The predicted octanol–water partition coefficient (Wildman–Crippen LogP) is 4.43. The molecule has 3 rings (SSSR count). The largest absolute Gasteiger partial charge is 0.452 e. The van der Waals surface area contributed by atoms with E-state index in [0.29, 0.717) is 16.9 Å². The first kappa shape index (κ1) is 19.2. The minimum atomic E-state index is -1.00. The van der Waals surface area contributed by atoms with E-state index >= 15 is 0 Å². The minimum Gasteiger partial charge on any atom is -0.452 e. The quantitative estimate of drug-likeness (QED) is 0.617. The maximum absolute atomic E-state index is 13.5. The molecule has 5 nitrogen and oxygen atoms in total. The van der Waals surface area contributed by atoms with Gasteiger partial charge in [-0.15, -0.1) is 22.7 Å². The smallest absolute Gasteiger partial charge is 0.312 e. The van der Waals surface area contributed by atoms with Gasteiger partial charge in [-0.3, -0.25) is 9.59 Å². The van der Waals surface area contributed by atoms with Gasteiger partial charge < -0.3 is 10.1 Å². The number of hydrogen-bond donors (Lipinski definition) is 1. The Kier molecular flexibility index (Phi) is 5.98. The van der Waals surface area contributed by atoms with Crippen molar-refractivity contribution < 1.29 is 18.7 Å². The molecule has 0 radical (unpaired) electrons. The zero-order valence-electron chi connectivity index (χ0n) is 14.7. The molecule has 0 saturated heterocycles. The molecule has 0 saturated carbocycles. The third-order valence-corrected chi connectivity index (χ3v) is 5.66. The number of anilines is 1. The van der Waals surface area contributed by atoms with Crippen LogP contribution in [0.5, 0.6) is 0 Å². The van der Waals surface area contributed by atoms with Crippen LogP contribution < -0.4 is 5.32 Å². The highest BCUT2D eigenvalue weighted by Crippen LogP contribution is 2.28. The van der Waals surface area contributed by atoms with Crippen molar-refractivity contribution in [3.63, 3.8) is 0 Å². The number of rotatable bonds is 6. The second kappa shape index (κ2) is 8.41. The lowest BCUT2D eigenvalue weighted by Gasteiger charge is -2.13. The summed E-state index contributed by atoms with van der Waals surface area (Å²) in [7, 11) is 0. The second-order valence-corrected chi connectivity index (χ2v) is 7.69. The molecule has 0 aliphatic carbocycles. The second-order valence-electron chi connectivity index (χ2n) is 5.88. The maximum atomic E-state index is 13.5. The third-order valence-electron chi connectivity index (χ3n) is 3.73. The van der Waals surface area contributed by atoms with Crippen LogP contribution >= 0.6 is 22.7 Å². The molecule has 27 heavy (non-hydrogen) atoms. The Morgan fingerprint density at radius 3 is 2.81 bits per heavy atom. The molecule has 1 N–H and O–H groups in total. The highest BCUT2D eigenvalue weighted by molar-refractivity contribution is 7.20. The van der Waals surface area contributed by atoms with E-state index in [4.69, 9.17) is 4.74 Å². The van der Waals surface area contributed by atoms with Gasteiger partial charge in [0.1, 0.15) is 10.8 Å². The van der Waals surface area contributed by atoms with Crippen LogP contribution in [0, 0.1) is 12.7 Å². The average Bonchev–Trinajstić information content (AvgIpc) is 3.29. The van der Waals surface area contributed by atoms with Crippen LogP contribution in [0.1, 0.15) is 18.2 Å². The van der Waals surface area contributed by atoms with Gasteiger partial charge in [0.25, 0.3) is 5.91 Å². The molecule has 1 atom stereocenters. The molecule has 1 aromatic carbocycles. The van der Waals surface area contributed by atoms with Crippen LogP contribution in [0.3, 0.4) is 0 Å². The number of nitrogens with one attached hydrogen (secondary N) is 1. The third kappa shape index (κ3) is 4.99. The normalized spacial score (nSPS) is 11.8. The van der Waals surface area contributed by atoms with Crippen LogP contribution in [0.25, 0.3) is 9.88 Å². The summed E-state index contributed by atoms with van der Waals surface area (Å²) >= 11 is 3.03. The number of benzene rings is 1. The first-order chi connectivity index (χ1) is 12.9. The lowest BCUT2D eigenvalue weighted by Crippen LogP contribution is -2.30. The number of thiophene rings is 1. The number of carbonyl (C=O) groups excluding carboxylic acids is 2. The summed E-state index contributed by atoms with van der Waals surface area (Å²) in [5.74, 6) is -1.48. The van der Waals surface area contributed by atoms with E-state index in [-0.39, 0.29) is 6.42 Å². The first-order valence-electron chi connectivity index (χ1n) is 8.17. The van der Waals surface area contributed by atoms with Crippen molar-refractivity contribution >= 4 is 40.2 Å². The summed E-state index contributed by atoms with van der Waals surface area (Å²) in [5, 5.41) is 7.15. The fourth-order valence-electron chi connectivity index (χ4n) is 2.26. The summed E-state index contributed by atoms with van der Waals surface area (Å²) in [6.07, 6.45) is -1.02. The topological polar surface area (TPSA) is 68.3 Å². The molecule has 0 aliphatic rings. The van der Waals surface area contributed by atoms with Crippen molar-refractivity contribution in [2.75, 3.05) is 5.32 Å². The van der Waals surface area contributed by atoms with E-state index < -0.39 is 23.8 Å². The number of esters is 1. The number of hydrogen-bond acceptors (Lipinski definition) is 6. The van der Waals surface area contributed by atoms with Gasteiger partial charge in [-0.2, -0.15) is 0 Å². The monoisotopic (exact) mass is 404 g/mol. The fraction of sp³-hybridized carbons (Fsp3) is 0.211. The van der Waals surface area contributed by atoms with Gasteiger partial charge in [0.2, 0.25) is 0 Å². The van der Waals surface area contributed by atoms with Gasteiger partial charge in [-0.25, -0.2) is 9.37 Å². The Hall–Kier alpha value is -2.58. The van der Waals surface area contributed by atoms with E-state index in [9.17, 15) is 14.0 Å². The van der Waals surface area contributed by atoms with Crippen molar-refractivity contribution in [1.29, 1.82) is 0 Å². The molecule has 0 aliphatic heterocycles. The molecular formula is C19H17FN2O3S2. The number of nitrogens with zero attached hydrogens (tertiary/aromatic N) is 1. The Labute approximate surface area is 163 Å². The highest BCUT2D eigenvalue weighted by atomic mass is 32.1. The maximum Gasteiger partial charge on any atom is 0.312 e. The molecule has 0 spiro atoms. The molecule has 140 valence electrons. The van der Waals surface area contributed by atoms with Crippen LogP contribution in [-0.4, -0.2) is 23.0 Å². The van der Waals surface area contributed by atoms with Crippen molar-refractivity contribution in [1.82, 2.24) is 4.98 Å². The number of aromatic nitrogens is 1. The summed E-state index contributed by atoms with van der Waals surface area (Å²) in [5.41, 5.74) is 1.39. The van der Waals surface area contributed by atoms with Gasteiger partial charge >= 0.3 is 5.97 Å². The van der Waals surface area contributed by atoms with Crippen LogP contribution in [-0.2, 0) is 20.7 Å². The van der Waals surface area contributed by atoms with Crippen LogP contribution in [0.15, 0.2) is 41.1 Å². The van der Waals surface area contributed by atoms with Gasteiger partial charge in [0.15, 0.2) is 6.10 Å². The zero-order valence-corrected chi connectivity index (χ0v) is 16.3. The van der Waals surface area contributed by atoms with E-state index in [1.54, 1.807) is 35.8 Å². The lowest BCUT2D eigenvalue weighted by atomic mass is 10.2. The standard InChI is InChI=1S/C19H17FN2O3S2/c1-11-5-6-13(8-15(11)20)21-18(24)12(2)25-17(23)9-14-10-27-19(22-14)16-4-3-7-26-16/h3-8,10,12H,9H2,1-2H3,(H,21,24)/t12-/m1/s1. The molecule has 2 heterocycles. The van der Waals surface area contributed by atoms with Crippen molar-refractivity contribution in [2.45, 2.75) is 26.4 Å². The van der Waals surface area contributed by atoms with Crippen molar-refractivity contribution in [3.05, 3.63) is 58.2 Å². The van der Waals surface area contributed by atoms with Crippen LogP contribution in [0.2, 0.25) is 0 Å². The molecule has 0 unspecified atom stereocenters. The van der Waals surface area contributed by atoms with Gasteiger partial charge in [0, 0.05) is 11.1 Å². The molecule has 0 bridgehead atoms. The molecule has 3 aromatic rings. The van der Waals surface area contributed by atoms with Gasteiger partial charge in [-0.1, -0.05) is 12.1 Å². The molecule has 8 heteroatoms. The van der Waals surface area contributed by atoms with E-state index in [0.717, 1.165) is 9.88 Å². The van der Waals surface area contributed by atoms with Crippen molar-refractivity contribution in [3.8, 4) is 9.88 Å². The van der Waals surface area contributed by atoms with Gasteiger partial charge in [-0.05, 0) is 43.0 Å². The number of ether oxygens (including phenoxy) is 1. The highest BCUT2D eigenvalue weighted by Gasteiger charge is 2.19. The van der Waals surface area contributed by atoms with E-state index in [1.165, 1.54) is 24.3 Å². The SMILES string of the molecule is Cc1ccc(NC(=O)[C@@H](C)OC(=O)Cc2csc(-c3cccs3)n2)cc1F. The Bertz CT molecular complexity index is 954. The molecule has 1 amide bonds. The zero-order chi connectivity index (χ0) is 19.4. The van der Waals surface area contributed by atoms with Gasteiger partial charge in [0.05, 0.1) is 17.0 Å². The van der Waals surface area contributed by atoms with Crippen molar-refractivity contribution in [2.24, 2.45) is 0 Å².